The number of fused-ring (bicyclic) bond motifs is 1. The standard InChI is InChI=1S/C28H33ClF3N5O5/c29-19-11-16(28(30,31)32)4-7-20(19)34-12-22(38)37-13-15-2-1-3-18(15)23(37)26(41)36-21(10-14-8-9-33-25(14)40)24(39)27(42)35-17-5-6-17/h4,7,11,14-15,17-18,21,23,34H,1-3,5-6,8-10,12-13H2,(H,33,40)(H,35,42)(H,36,41)/t14-,15-,18-,21-,23-/m0/s1. The molecule has 2 aliphatic carbocycles. The third-order valence-corrected chi connectivity index (χ3v) is 8.97. The fourth-order valence-electron chi connectivity index (χ4n) is 6.29. The van der Waals surface area contributed by atoms with Crippen LogP contribution in [0.1, 0.15) is 50.5 Å². The number of carbonyl (C=O) groups is 5. The number of carbonyl (C=O) groups excluding carboxylic acids is 5. The van der Waals surface area contributed by atoms with E-state index in [0.717, 1.165) is 43.9 Å². The Balaban J connectivity index is 1.29. The maximum absolute atomic E-state index is 13.8. The highest BCUT2D eigenvalue weighted by molar-refractivity contribution is 6.38. The predicted octanol–water partition coefficient (Wildman–Crippen LogP) is 2.26. The number of benzene rings is 1. The lowest BCUT2D eigenvalue weighted by atomic mass is 9.91. The van der Waals surface area contributed by atoms with Crippen LogP contribution >= 0.6 is 11.6 Å². The SMILES string of the molecule is O=C(NC1CC1)C(=O)[C@H](C[C@@H]1CCNC1=O)NC(=O)[C@@H]1[C@H]2CCC[C@H]2CN1C(=O)CNc1ccc(C(F)(F)F)cc1Cl. The monoisotopic (exact) mass is 611 g/mol. The van der Waals surface area contributed by atoms with E-state index in [9.17, 15) is 37.1 Å². The van der Waals surface area contributed by atoms with E-state index in [-0.39, 0.29) is 47.5 Å². The summed E-state index contributed by atoms with van der Waals surface area (Å²) in [5.41, 5.74) is -0.779. The summed E-state index contributed by atoms with van der Waals surface area (Å²) in [6.07, 6.45) is -0.164. The molecular formula is C28H33ClF3N5O5. The molecule has 0 aromatic heterocycles. The van der Waals surface area contributed by atoms with Gasteiger partial charge in [-0.3, -0.25) is 24.0 Å². The first-order valence-corrected chi connectivity index (χ1v) is 14.6. The van der Waals surface area contributed by atoms with Crippen molar-refractivity contribution in [3.05, 3.63) is 28.8 Å². The molecule has 4 fully saturated rings. The predicted molar refractivity (Wildman–Crippen MR) is 145 cm³/mol. The molecular weight excluding hydrogens is 579 g/mol. The minimum atomic E-state index is -4.56. The van der Waals surface area contributed by atoms with E-state index in [2.05, 4.69) is 21.3 Å². The molecule has 1 aromatic carbocycles. The van der Waals surface area contributed by atoms with Crippen molar-refractivity contribution >= 4 is 46.7 Å². The number of hydrogen-bond donors (Lipinski definition) is 4. The summed E-state index contributed by atoms with van der Waals surface area (Å²) in [5, 5.41) is 10.6. The van der Waals surface area contributed by atoms with Crippen molar-refractivity contribution in [1.82, 2.24) is 20.9 Å². The lowest BCUT2D eigenvalue weighted by Crippen LogP contribution is -2.56. The zero-order valence-corrected chi connectivity index (χ0v) is 23.5. The number of Topliss-reactive ketones (excluding diaryl/α,β-unsaturated/α-hetero) is 1. The molecule has 2 heterocycles. The molecule has 2 saturated heterocycles. The summed E-state index contributed by atoms with van der Waals surface area (Å²) < 4.78 is 39.0. The van der Waals surface area contributed by atoms with E-state index < -0.39 is 53.2 Å². The van der Waals surface area contributed by atoms with E-state index in [1.807, 2.05) is 0 Å². The number of halogens is 4. The average molecular weight is 612 g/mol. The molecule has 2 saturated carbocycles. The lowest BCUT2D eigenvalue weighted by molar-refractivity contribution is -0.142. The van der Waals surface area contributed by atoms with Gasteiger partial charge in [-0.25, -0.2) is 0 Å². The number of nitrogens with one attached hydrogen (secondary N) is 4. The molecule has 2 aliphatic heterocycles. The first-order chi connectivity index (χ1) is 19.9. The van der Waals surface area contributed by atoms with Crippen molar-refractivity contribution in [2.24, 2.45) is 17.8 Å². The molecule has 0 bridgehead atoms. The third kappa shape index (κ3) is 6.66. The summed E-state index contributed by atoms with van der Waals surface area (Å²) in [6.45, 7) is 0.440. The van der Waals surface area contributed by atoms with Gasteiger partial charge in [-0.05, 0) is 68.6 Å². The fourth-order valence-corrected chi connectivity index (χ4v) is 6.54. The molecule has 14 heteroatoms. The summed E-state index contributed by atoms with van der Waals surface area (Å²) >= 11 is 6.02. The largest absolute Gasteiger partial charge is 0.416 e. The Morgan fingerprint density at radius 1 is 1.10 bits per heavy atom. The highest BCUT2D eigenvalue weighted by Gasteiger charge is 2.50. The minimum absolute atomic E-state index is 0.0305. The van der Waals surface area contributed by atoms with Crippen molar-refractivity contribution < 1.29 is 37.1 Å². The Morgan fingerprint density at radius 2 is 1.86 bits per heavy atom. The number of hydrogen-bond acceptors (Lipinski definition) is 6. The molecule has 0 spiro atoms. The molecule has 10 nitrogen and oxygen atoms in total. The second kappa shape index (κ2) is 12.1. The second-order valence-electron chi connectivity index (χ2n) is 11.6. The Bertz CT molecular complexity index is 1270. The molecule has 0 unspecified atom stereocenters. The summed E-state index contributed by atoms with van der Waals surface area (Å²) in [7, 11) is 0. The Hall–Kier alpha value is -3.35. The first-order valence-electron chi connectivity index (χ1n) is 14.2. The van der Waals surface area contributed by atoms with Gasteiger partial charge in [-0.1, -0.05) is 18.0 Å². The van der Waals surface area contributed by atoms with Gasteiger partial charge in [0.1, 0.15) is 6.04 Å². The topological polar surface area (TPSA) is 137 Å². The smallest absolute Gasteiger partial charge is 0.375 e. The van der Waals surface area contributed by atoms with Crippen molar-refractivity contribution in [2.75, 3.05) is 25.0 Å². The summed E-state index contributed by atoms with van der Waals surface area (Å²) in [5.74, 6) is -3.50. The van der Waals surface area contributed by atoms with Gasteiger partial charge in [0, 0.05) is 25.0 Å². The molecule has 4 amide bonds. The van der Waals surface area contributed by atoms with Gasteiger partial charge in [0.25, 0.3) is 5.91 Å². The van der Waals surface area contributed by atoms with Crippen molar-refractivity contribution in [3.63, 3.8) is 0 Å². The highest BCUT2D eigenvalue weighted by atomic mass is 35.5. The van der Waals surface area contributed by atoms with Gasteiger partial charge in [0.2, 0.25) is 23.5 Å². The van der Waals surface area contributed by atoms with Crippen LogP contribution in [0.4, 0.5) is 18.9 Å². The van der Waals surface area contributed by atoms with Gasteiger partial charge in [-0.15, -0.1) is 0 Å². The highest BCUT2D eigenvalue weighted by Crippen LogP contribution is 2.42. The van der Waals surface area contributed by atoms with Crippen LogP contribution in [0.3, 0.4) is 0 Å². The van der Waals surface area contributed by atoms with E-state index in [0.29, 0.717) is 25.9 Å². The van der Waals surface area contributed by atoms with E-state index >= 15 is 0 Å². The van der Waals surface area contributed by atoms with Gasteiger partial charge in [-0.2, -0.15) is 13.2 Å². The summed E-state index contributed by atoms with van der Waals surface area (Å²) in [4.78, 5) is 66.5. The van der Waals surface area contributed by atoms with Crippen LogP contribution in [-0.2, 0) is 30.1 Å². The zero-order valence-electron chi connectivity index (χ0n) is 22.8. The number of nitrogens with zero attached hydrogens (tertiary/aromatic N) is 1. The Labute approximate surface area is 245 Å². The van der Waals surface area contributed by atoms with Crippen LogP contribution in [0.25, 0.3) is 0 Å². The minimum Gasteiger partial charge on any atom is -0.375 e. The number of amides is 4. The third-order valence-electron chi connectivity index (χ3n) is 8.66. The second-order valence-corrected chi connectivity index (χ2v) is 12.0. The molecule has 5 atom stereocenters. The van der Waals surface area contributed by atoms with Crippen LogP contribution in [-0.4, -0.2) is 72.1 Å². The molecule has 0 radical (unpaired) electrons. The zero-order chi connectivity index (χ0) is 30.2. The molecule has 5 rings (SSSR count). The summed E-state index contributed by atoms with van der Waals surface area (Å²) in [6, 6.07) is 0.576. The van der Waals surface area contributed by atoms with Crippen LogP contribution in [0.2, 0.25) is 5.02 Å². The average Bonchev–Trinajstić information content (AvgIpc) is 3.29. The van der Waals surface area contributed by atoms with Crippen molar-refractivity contribution in [1.29, 1.82) is 0 Å². The molecule has 42 heavy (non-hydrogen) atoms. The lowest BCUT2D eigenvalue weighted by Gasteiger charge is -2.29. The maximum Gasteiger partial charge on any atom is 0.416 e. The number of anilines is 1. The molecule has 1 aromatic rings. The Morgan fingerprint density at radius 3 is 2.50 bits per heavy atom. The number of rotatable bonds is 10. The molecule has 4 aliphatic rings. The van der Waals surface area contributed by atoms with E-state index in [4.69, 9.17) is 11.6 Å². The van der Waals surface area contributed by atoms with Gasteiger partial charge >= 0.3 is 6.18 Å². The first kappa shape index (κ1) is 30.1. The molecule has 4 N–H and O–H groups in total. The van der Waals surface area contributed by atoms with Gasteiger partial charge < -0.3 is 26.2 Å². The van der Waals surface area contributed by atoms with Crippen LogP contribution in [0.5, 0.6) is 0 Å². The maximum atomic E-state index is 13.8. The number of alkyl halides is 3. The van der Waals surface area contributed by atoms with Gasteiger partial charge in [0.05, 0.1) is 28.9 Å². The quantitative estimate of drug-likeness (QED) is 0.300. The molecule has 228 valence electrons. The normalized spacial score (nSPS) is 25.9. The van der Waals surface area contributed by atoms with Gasteiger partial charge in [0.15, 0.2) is 0 Å². The van der Waals surface area contributed by atoms with Crippen LogP contribution < -0.4 is 21.3 Å². The fraction of sp³-hybridized carbons (Fsp3) is 0.607. The Kier molecular flexibility index (Phi) is 8.68. The van der Waals surface area contributed by atoms with Crippen molar-refractivity contribution in [2.45, 2.75) is 69.2 Å². The number of likely N-dealkylation sites (tertiary alicyclic amines) is 1. The van der Waals surface area contributed by atoms with E-state index in [1.54, 1.807) is 0 Å². The van der Waals surface area contributed by atoms with Crippen LogP contribution in [0.15, 0.2) is 18.2 Å². The van der Waals surface area contributed by atoms with Crippen LogP contribution in [0, 0.1) is 17.8 Å². The number of ketones is 1. The van der Waals surface area contributed by atoms with E-state index in [1.165, 1.54) is 4.90 Å². The van der Waals surface area contributed by atoms with Crippen molar-refractivity contribution in [3.8, 4) is 0 Å².